The maximum atomic E-state index is 13.2. The van der Waals surface area contributed by atoms with E-state index < -0.39 is 12.0 Å². The van der Waals surface area contributed by atoms with Gasteiger partial charge in [0.2, 0.25) is 11.8 Å². The smallest absolute Gasteiger partial charge is 0.339 e. The molecule has 1 aliphatic heterocycles. The lowest BCUT2D eigenvalue weighted by Gasteiger charge is -2.13. The van der Waals surface area contributed by atoms with Crippen LogP contribution < -0.4 is 16.4 Å². The molecule has 2 aromatic carbocycles. The molecule has 2 aromatic heterocycles. The van der Waals surface area contributed by atoms with Crippen LogP contribution in [0, 0.1) is 32.6 Å². The third-order valence-corrected chi connectivity index (χ3v) is 8.89. The van der Waals surface area contributed by atoms with E-state index in [-0.39, 0.29) is 55.7 Å². The Morgan fingerprint density at radius 3 is 2.53 bits per heavy atom. The van der Waals surface area contributed by atoms with Crippen LogP contribution >= 0.6 is 35.3 Å². The average molecular weight is 695 g/mol. The molecule has 0 saturated carbocycles. The van der Waals surface area contributed by atoms with Gasteiger partial charge in [-0.2, -0.15) is 0 Å². The zero-order valence-electron chi connectivity index (χ0n) is 26.1. The first-order chi connectivity index (χ1) is 22.1. The van der Waals surface area contributed by atoms with Crippen molar-refractivity contribution < 1.29 is 19.1 Å². The van der Waals surface area contributed by atoms with Crippen molar-refractivity contribution in [3.8, 4) is 16.8 Å². The standard InChI is InChI=1S/C33H32ClN7O4S.ClH/c1-18-19(2)46-32-29(18)30(22-7-10-23(34)11-8-22)38-26(31-40-39-20(3)41(31)32)17-28(43)36-15-13-27(42)37-24-12-9-21(6-5-14-35)25(16-24)33(44)45-4;/h7-12,16,26H,13-15,17,35H2,1-4H3,(H,36,43)(H,37,42);1H/t26-;/m0./s1. The topological polar surface area (TPSA) is 154 Å². The summed E-state index contributed by atoms with van der Waals surface area (Å²) in [6, 6.07) is 11.6. The van der Waals surface area contributed by atoms with Gasteiger partial charge in [0.15, 0.2) is 5.82 Å². The number of nitrogens with two attached hydrogens (primary N) is 1. The number of amides is 2. The van der Waals surface area contributed by atoms with Crippen LogP contribution in [0.2, 0.25) is 5.02 Å². The molecule has 4 N–H and O–H groups in total. The van der Waals surface area contributed by atoms with Gasteiger partial charge in [0.1, 0.15) is 16.9 Å². The molecule has 11 nitrogen and oxygen atoms in total. The molecule has 0 aliphatic carbocycles. The molecule has 1 atom stereocenters. The number of fused-ring (bicyclic) bond motifs is 3. The van der Waals surface area contributed by atoms with E-state index in [0.717, 1.165) is 32.3 Å². The largest absolute Gasteiger partial charge is 0.465 e. The summed E-state index contributed by atoms with van der Waals surface area (Å²) in [6.07, 6.45) is 0.000631. The Morgan fingerprint density at radius 2 is 1.83 bits per heavy atom. The second-order valence-corrected chi connectivity index (χ2v) is 12.2. The lowest BCUT2D eigenvalue weighted by Crippen LogP contribution is -2.29. The minimum Gasteiger partial charge on any atom is -0.465 e. The van der Waals surface area contributed by atoms with Gasteiger partial charge in [-0.05, 0) is 56.7 Å². The normalized spacial score (nSPS) is 13.1. The number of rotatable bonds is 8. The minimum atomic E-state index is -0.627. The molecule has 0 radical (unpaired) electrons. The zero-order chi connectivity index (χ0) is 33.0. The molecule has 0 fully saturated rings. The number of esters is 1. The number of carbonyl (C=O) groups is 3. The van der Waals surface area contributed by atoms with Crippen molar-refractivity contribution in [3.05, 3.63) is 91.8 Å². The van der Waals surface area contributed by atoms with E-state index in [1.54, 1.807) is 23.5 Å². The predicted octanol–water partition coefficient (Wildman–Crippen LogP) is 4.85. The number of benzene rings is 2. The first-order valence-corrected chi connectivity index (χ1v) is 15.6. The molecule has 1 aliphatic rings. The number of hydrogen-bond donors (Lipinski definition) is 3. The number of ether oxygens (including phenoxy) is 1. The Morgan fingerprint density at radius 1 is 1.09 bits per heavy atom. The number of aliphatic imine (C=N–C) groups is 1. The number of nitrogens with one attached hydrogen (secondary N) is 2. The van der Waals surface area contributed by atoms with Gasteiger partial charge in [-0.15, -0.1) is 33.9 Å². The summed E-state index contributed by atoms with van der Waals surface area (Å²) in [7, 11) is 1.27. The van der Waals surface area contributed by atoms with Crippen LogP contribution in [-0.2, 0) is 14.3 Å². The quantitative estimate of drug-likeness (QED) is 0.176. The SMILES string of the molecule is COC(=O)c1cc(NC(=O)CCNC(=O)C[C@@H]2N=C(c3ccc(Cl)cc3)c3c(sc(C)c3C)-n3c(C)nnc32)ccc1C#CCN.Cl. The van der Waals surface area contributed by atoms with Crippen LogP contribution in [0.3, 0.4) is 0 Å². The van der Waals surface area contributed by atoms with Crippen molar-refractivity contribution in [1.29, 1.82) is 0 Å². The summed E-state index contributed by atoms with van der Waals surface area (Å²) < 4.78 is 6.82. The van der Waals surface area contributed by atoms with Crippen LogP contribution in [0.4, 0.5) is 5.69 Å². The van der Waals surface area contributed by atoms with Gasteiger partial charge >= 0.3 is 5.97 Å². The summed E-state index contributed by atoms with van der Waals surface area (Å²) in [5.74, 6) is 5.56. The molecule has 2 amide bonds. The van der Waals surface area contributed by atoms with Gasteiger partial charge in [-0.25, -0.2) is 4.79 Å². The second-order valence-electron chi connectivity index (χ2n) is 10.5. The highest BCUT2D eigenvalue weighted by molar-refractivity contribution is 7.15. The fourth-order valence-electron chi connectivity index (χ4n) is 5.08. The van der Waals surface area contributed by atoms with Crippen molar-refractivity contribution in [2.75, 3.05) is 25.5 Å². The lowest BCUT2D eigenvalue weighted by molar-refractivity contribution is -0.121. The van der Waals surface area contributed by atoms with Gasteiger partial charge in [-0.1, -0.05) is 35.6 Å². The summed E-state index contributed by atoms with van der Waals surface area (Å²) in [5.41, 5.74) is 10.2. The van der Waals surface area contributed by atoms with Crippen molar-refractivity contribution in [2.45, 2.75) is 39.7 Å². The Labute approximate surface area is 287 Å². The highest BCUT2D eigenvalue weighted by atomic mass is 35.5. The number of aryl methyl sites for hydroxylation is 2. The molecular formula is C33H33Cl2N7O4S. The van der Waals surface area contributed by atoms with E-state index in [0.29, 0.717) is 27.9 Å². The van der Waals surface area contributed by atoms with E-state index in [1.165, 1.54) is 13.2 Å². The number of anilines is 1. The summed E-state index contributed by atoms with van der Waals surface area (Å²) in [5, 5.41) is 15.9. The van der Waals surface area contributed by atoms with E-state index in [4.69, 9.17) is 27.1 Å². The number of methoxy groups -OCH3 is 1. The van der Waals surface area contributed by atoms with Crippen molar-refractivity contribution >= 4 is 64.5 Å². The second kappa shape index (κ2) is 15.4. The van der Waals surface area contributed by atoms with Crippen LogP contribution in [-0.4, -0.2) is 58.5 Å². The fraction of sp³-hybridized carbons (Fsp3) is 0.273. The molecule has 14 heteroatoms. The minimum absolute atomic E-state index is 0. The Hall–Kier alpha value is -4.54. The molecule has 0 bridgehead atoms. The average Bonchev–Trinajstić information content (AvgIpc) is 3.52. The van der Waals surface area contributed by atoms with Crippen molar-refractivity contribution in [2.24, 2.45) is 10.7 Å². The highest BCUT2D eigenvalue weighted by Crippen LogP contribution is 2.39. The Kier molecular flexibility index (Phi) is 11.5. The maximum Gasteiger partial charge on any atom is 0.339 e. The molecule has 0 spiro atoms. The fourth-order valence-corrected chi connectivity index (χ4v) is 6.42. The van der Waals surface area contributed by atoms with Crippen molar-refractivity contribution in [1.82, 2.24) is 20.1 Å². The third kappa shape index (κ3) is 7.72. The summed E-state index contributed by atoms with van der Waals surface area (Å²) in [6.45, 7) is 6.24. The lowest BCUT2D eigenvalue weighted by atomic mass is 9.99. The summed E-state index contributed by atoms with van der Waals surface area (Å²) in [4.78, 5) is 44.4. The molecule has 47 heavy (non-hydrogen) atoms. The van der Waals surface area contributed by atoms with Gasteiger partial charge in [0, 0.05) is 45.2 Å². The van der Waals surface area contributed by atoms with E-state index in [1.807, 2.05) is 35.8 Å². The van der Waals surface area contributed by atoms with Gasteiger partial charge < -0.3 is 21.1 Å². The maximum absolute atomic E-state index is 13.2. The van der Waals surface area contributed by atoms with Crippen molar-refractivity contribution in [3.63, 3.8) is 0 Å². The van der Waals surface area contributed by atoms with Crippen LogP contribution in [0.15, 0.2) is 47.5 Å². The van der Waals surface area contributed by atoms with E-state index >= 15 is 0 Å². The number of carbonyl (C=O) groups excluding carboxylic acids is 3. The highest BCUT2D eigenvalue weighted by Gasteiger charge is 2.32. The first kappa shape index (κ1) is 35.3. The third-order valence-electron chi connectivity index (χ3n) is 7.44. The number of thiophene rings is 1. The molecule has 0 saturated heterocycles. The number of hydrogen-bond acceptors (Lipinski definition) is 9. The zero-order valence-corrected chi connectivity index (χ0v) is 28.5. The first-order valence-electron chi connectivity index (χ1n) is 14.5. The molecule has 5 rings (SSSR count). The Balaban J connectivity index is 0.00000500. The summed E-state index contributed by atoms with van der Waals surface area (Å²) >= 11 is 7.82. The van der Waals surface area contributed by atoms with E-state index in [2.05, 4.69) is 46.5 Å². The monoisotopic (exact) mass is 693 g/mol. The van der Waals surface area contributed by atoms with E-state index in [9.17, 15) is 14.4 Å². The number of halogens is 2. The number of aromatic nitrogens is 3. The van der Waals surface area contributed by atoms with Crippen LogP contribution in [0.1, 0.15) is 68.0 Å². The van der Waals surface area contributed by atoms with Crippen LogP contribution in [0.5, 0.6) is 0 Å². The molecule has 4 aromatic rings. The molecular weight excluding hydrogens is 661 g/mol. The predicted molar refractivity (Wildman–Crippen MR) is 185 cm³/mol. The molecule has 244 valence electrons. The molecule has 3 heterocycles. The molecule has 0 unspecified atom stereocenters. The van der Waals surface area contributed by atoms with Gasteiger partial charge in [0.25, 0.3) is 0 Å². The number of nitrogens with zero attached hydrogens (tertiary/aromatic N) is 4. The van der Waals surface area contributed by atoms with Gasteiger partial charge in [-0.3, -0.25) is 19.1 Å². The van der Waals surface area contributed by atoms with Crippen LogP contribution in [0.25, 0.3) is 5.00 Å². The van der Waals surface area contributed by atoms with Gasteiger partial charge in [0.05, 0.1) is 31.4 Å². The Bertz CT molecular complexity index is 1920.